The molecule has 0 aromatic carbocycles. The van der Waals surface area contributed by atoms with E-state index >= 15 is 0 Å². The molecule has 1 atom stereocenters. The number of rotatable bonds is 4. The van der Waals surface area contributed by atoms with Crippen LogP contribution in [0, 0.1) is 0 Å². The molecule has 3 rings (SSSR count). The largest absolute Gasteiger partial charge is 0.352 e. The van der Waals surface area contributed by atoms with Crippen LogP contribution in [-0.2, 0) is 6.54 Å². The lowest BCUT2D eigenvalue weighted by molar-refractivity contribution is 0.431. The molecule has 1 saturated heterocycles. The molecule has 108 valence electrons. The highest BCUT2D eigenvalue weighted by atomic mass is 15.3. The molecule has 0 bridgehead atoms. The average Bonchev–Trinajstić information content (AvgIpc) is 2.86. The van der Waals surface area contributed by atoms with Gasteiger partial charge < -0.3 is 15.0 Å². The van der Waals surface area contributed by atoms with E-state index in [1.54, 1.807) is 0 Å². The fourth-order valence-corrected chi connectivity index (χ4v) is 3.37. The monoisotopic (exact) mass is 272 g/mol. The van der Waals surface area contributed by atoms with Crippen LogP contribution in [0.2, 0.25) is 0 Å². The van der Waals surface area contributed by atoms with Crippen LogP contribution in [0.1, 0.15) is 44.7 Å². The summed E-state index contributed by atoms with van der Waals surface area (Å²) in [5.41, 5.74) is 8.15. The Morgan fingerprint density at radius 1 is 1.35 bits per heavy atom. The van der Waals surface area contributed by atoms with Crippen molar-refractivity contribution < 1.29 is 0 Å². The summed E-state index contributed by atoms with van der Waals surface area (Å²) < 4.78 is 2.13. The smallest absolute Gasteiger partial charge is 0.152 e. The van der Waals surface area contributed by atoms with Crippen LogP contribution in [0.25, 0.3) is 5.65 Å². The molecule has 1 aliphatic heterocycles. The van der Waals surface area contributed by atoms with Gasteiger partial charge in [0.1, 0.15) is 5.65 Å². The second-order valence-electron chi connectivity index (χ2n) is 5.65. The van der Waals surface area contributed by atoms with Crippen molar-refractivity contribution in [2.45, 2.75) is 51.6 Å². The lowest BCUT2D eigenvalue weighted by Gasteiger charge is -2.36. The van der Waals surface area contributed by atoms with E-state index in [4.69, 9.17) is 10.7 Å². The lowest BCUT2D eigenvalue weighted by atomic mass is 9.98. The SMILES string of the molecule is CCCC1CCCCN1c1nc2ccccn2c1CN. The number of fused-ring (bicyclic) bond motifs is 1. The number of piperidine rings is 1. The number of pyridine rings is 1. The van der Waals surface area contributed by atoms with Crippen LogP contribution >= 0.6 is 0 Å². The van der Waals surface area contributed by atoms with E-state index in [-0.39, 0.29) is 0 Å². The van der Waals surface area contributed by atoms with Crippen molar-refractivity contribution in [3.05, 3.63) is 30.1 Å². The van der Waals surface area contributed by atoms with Gasteiger partial charge in [-0.25, -0.2) is 4.98 Å². The quantitative estimate of drug-likeness (QED) is 0.931. The maximum absolute atomic E-state index is 6.00. The van der Waals surface area contributed by atoms with E-state index in [0.29, 0.717) is 12.6 Å². The molecular formula is C16H24N4. The molecule has 0 aliphatic carbocycles. The Morgan fingerprint density at radius 3 is 3.05 bits per heavy atom. The maximum Gasteiger partial charge on any atom is 0.152 e. The van der Waals surface area contributed by atoms with Crippen LogP contribution in [0.15, 0.2) is 24.4 Å². The third kappa shape index (κ3) is 2.29. The van der Waals surface area contributed by atoms with Gasteiger partial charge in [-0.05, 0) is 37.8 Å². The third-order valence-corrected chi connectivity index (χ3v) is 4.32. The summed E-state index contributed by atoms with van der Waals surface area (Å²) in [5.74, 6) is 1.11. The zero-order valence-corrected chi connectivity index (χ0v) is 12.3. The zero-order chi connectivity index (χ0) is 13.9. The Bertz CT molecular complexity index is 573. The van der Waals surface area contributed by atoms with E-state index in [1.165, 1.54) is 32.1 Å². The minimum Gasteiger partial charge on any atom is -0.352 e. The van der Waals surface area contributed by atoms with Crippen molar-refractivity contribution in [2.75, 3.05) is 11.4 Å². The van der Waals surface area contributed by atoms with Gasteiger partial charge in [0.05, 0.1) is 5.69 Å². The summed E-state index contributed by atoms with van der Waals surface area (Å²) in [6.45, 7) is 3.91. The van der Waals surface area contributed by atoms with Gasteiger partial charge in [0.15, 0.2) is 5.82 Å². The molecule has 4 nitrogen and oxygen atoms in total. The highest BCUT2D eigenvalue weighted by Crippen LogP contribution is 2.29. The second kappa shape index (κ2) is 5.83. The minimum absolute atomic E-state index is 0.538. The van der Waals surface area contributed by atoms with Gasteiger partial charge in [-0.3, -0.25) is 0 Å². The van der Waals surface area contributed by atoms with Gasteiger partial charge in [0.2, 0.25) is 0 Å². The number of hydrogen-bond donors (Lipinski definition) is 1. The van der Waals surface area contributed by atoms with Crippen LogP contribution < -0.4 is 10.6 Å². The predicted octanol–water partition coefficient (Wildman–Crippen LogP) is 2.95. The second-order valence-corrected chi connectivity index (χ2v) is 5.65. The highest BCUT2D eigenvalue weighted by Gasteiger charge is 2.26. The van der Waals surface area contributed by atoms with E-state index in [1.807, 2.05) is 12.1 Å². The Kier molecular flexibility index (Phi) is 3.92. The molecule has 0 radical (unpaired) electrons. The summed E-state index contributed by atoms with van der Waals surface area (Å²) >= 11 is 0. The molecule has 0 spiro atoms. The fourth-order valence-electron chi connectivity index (χ4n) is 3.37. The Balaban J connectivity index is 2.03. The van der Waals surface area contributed by atoms with Crippen molar-refractivity contribution in [3.8, 4) is 0 Å². The van der Waals surface area contributed by atoms with Crippen molar-refractivity contribution in [3.63, 3.8) is 0 Å². The number of nitrogens with zero attached hydrogens (tertiary/aromatic N) is 3. The third-order valence-electron chi connectivity index (χ3n) is 4.32. The fraction of sp³-hybridized carbons (Fsp3) is 0.562. The topological polar surface area (TPSA) is 46.6 Å². The Hall–Kier alpha value is -1.55. The van der Waals surface area contributed by atoms with Crippen LogP contribution in [-0.4, -0.2) is 22.0 Å². The van der Waals surface area contributed by atoms with Gasteiger partial charge in [0.25, 0.3) is 0 Å². The molecule has 3 heterocycles. The van der Waals surface area contributed by atoms with Gasteiger partial charge in [-0.1, -0.05) is 19.4 Å². The molecule has 0 amide bonds. The van der Waals surface area contributed by atoms with Crippen LogP contribution in [0.4, 0.5) is 5.82 Å². The molecule has 4 heteroatoms. The van der Waals surface area contributed by atoms with E-state index in [0.717, 1.165) is 23.7 Å². The first-order valence-electron chi connectivity index (χ1n) is 7.77. The molecule has 1 unspecified atom stereocenters. The summed E-state index contributed by atoms with van der Waals surface area (Å²) in [6, 6.07) is 6.76. The number of anilines is 1. The molecule has 2 N–H and O–H groups in total. The molecule has 1 aliphatic rings. The molecule has 2 aromatic rings. The first-order valence-corrected chi connectivity index (χ1v) is 7.77. The zero-order valence-electron chi connectivity index (χ0n) is 12.3. The van der Waals surface area contributed by atoms with Gasteiger partial charge in [-0.15, -0.1) is 0 Å². The summed E-state index contributed by atoms with van der Waals surface area (Å²) in [4.78, 5) is 7.35. The molecular weight excluding hydrogens is 248 g/mol. The van der Waals surface area contributed by atoms with E-state index < -0.39 is 0 Å². The lowest BCUT2D eigenvalue weighted by Crippen LogP contribution is -2.40. The van der Waals surface area contributed by atoms with Gasteiger partial charge in [0, 0.05) is 25.3 Å². The normalized spacial score (nSPS) is 19.7. The number of aromatic nitrogens is 2. The van der Waals surface area contributed by atoms with Crippen molar-refractivity contribution >= 4 is 11.5 Å². The number of imidazole rings is 1. The maximum atomic E-state index is 6.00. The molecule has 1 fully saturated rings. The van der Waals surface area contributed by atoms with Crippen LogP contribution in [0.5, 0.6) is 0 Å². The van der Waals surface area contributed by atoms with E-state index in [2.05, 4.69) is 28.5 Å². The standard InChI is InChI=1S/C16H24N4/c1-2-7-13-8-3-5-10-19(13)16-14(12-17)20-11-6-4-9-15(20)18-16/h4,6,9,11,13H,2-3,5,7-8,10,12,17H2,1H3. The van der Waals surface area contributed by atoms with E-state index in [9.17, 15) is 0 Å². The minimum atomic E-state index is 0.538. The number of nitrogens with two attached hydrogens (primary N) is 1. The molecule has 20 heavy (non-hydrogen) atoms. The molecule has 2 aromatic heterocycles. The first-order chi connectivity index (χ1) is 9.85. The summed E-state index contributed by atoms with van der Waals surface area (Å²) in [6.07, 6.45) is 8.42. The molecule has 0 saturated carbocycles. The van der Waals surface area contributed by atoms with Crippen LogP contribution in [0.3, 0.4) is 0 Å². The average molecular weight is 272 g/mol. The predicted molar refractivity (Wildman–Crippen MR) is 83.0 cm³/mol. The Morgan fingerprint density at radius 2 is 2.25 bits per heavy atom. The van der Waals surface area contributed by atoms with Crippen molar-refractivity contribution in [1.29, 1.82) is 0 Å². The highest BCUT2D eigenvalue weighted by molar-refractivity contribution is 5.56. The summed E-state index contributed by atoms with van der Waals surface area (Å²) in [7, 11) is 0. The first kappa shape index (κ1) is 13.4. The van der Waals surface area contributed by atoms with Gasteiger partial charge >= 0.3 is 0 Å². The van der Waals surface area contributed by atoms with Crippen molar-refractivity contribution in [2.24, 2.45) is 5.73 Å². The van der Waals surface area contributed by atoms with Gasteiger partial charge in [-0.2, -0.15) is 0 Å². The number of hydrogen-bond acceptors (Lipinski definition) is 3. The summed E-state index contributed by atoms with van der Waals surface area (Å²) in [5, 5.41) is 0. The van der Waals surface area contributed by atoms with Crippen molar-refractivity contribution in [1.82, 2.24) is 9.38 Å². The Labute approximate surface area is 120 Å².